The minimum atomic E-state index is 0.241. The Morgan fingerprint density at radius 2 is 0.824 bits per heavy atom. The van der Waals surface area contributed by atoms with E-state index >= 15 is 0 Å². The second kappa shape index (κ2) is 6.90. The first kappa shape index (κ1) is 18.8. The highest BCUT2D eigenvalue weighted by Gasteiger charge is 2.16. The number of benzene rings is 5. The van der Waals surface area contributed by atoms with E-state index in [1.165, 1.54) is 0 Å². The molecule has 162 valence electrons. The molecule has 0 saturated heterocycles. The summed E-state index contributed by atoms with van der Waals surface area (Å²) in [6.45, 7) is 0. The maximum Gasteiger partial charge on any atom is 0.117 e. The van der Waals surface area contributed by atoms with Crippen molar-refractivity contribution in [1.29, 1.82) is 0 Å². The molecule has 4 nitrogen and oxygen atoms in total. The van der Waals surface area contributed by atoms with Gasteiger partial charge in [0.15, 0.2) is 0 Å². The maximum atomic E-state index is 10.3. The second-order valence-corrected chi connectivity index (χ2v) is 8.63. The first-order valence-corrected chi connectivity index (χ1v) is 11.2. The lowest BCUT2D eigenvalue weighted by atomic mass is 10.1. The van der Waals surface area contributed by atoms with Gasteiger partial charge in [-0.05, 0) is 54.6 Å². The van der Waals surface area contributed by atoms with Gasteiger partial charge in [-0.1, -0.05) is 42.5 Å². The predicted molar refractivity (Wildman–Crippen MR) is 138 cm³/mol. The predicted octanol–water partition coefficient (Wildman–Crippen LogP) is 7.29. The van der Waals surface area contributed by atoms with E-state index in [0.717, 1.165) is 55.0 Å². The third kappa shape index (κ3) is 2.60. The molecule has 0 atom stereocenters. The molecular weight excluding hydrogens is 420 g/mol. The van der Waals surface area contributed by atoms with Crippen LogP contribution in [0.1, 0.15) is 0 Å². The molecule has 2 heterocycles. The number of phenols is 2. The van der Waals surface area contributed by atoms with Crippen LogP contribution in [0.3, 0.4) is 0 Å². The van der Waals surface area contributed by atoms with Crippen LogP contribution in [0.5, 0.6) is 11.5 Å². The van der Waals surface area contributed by atoms with Crippen molar-refractivity contribution in [2.45, 2.75) is 0 Å². The van der Waals surface area contributed by atoms with Gasteiger partial charge in [0.2, 0.25) is 0 Å². The summed E-state index contributed by atoms with van der Waals surface area (Å²) in [5, 5.41) is 25.0. The van der Waals surface area contributed by atoms with Crippen LogP contribution < -0.4 is 0 Å². The van der Waals surface area contributed by atoms with Crippen molar-refractivity contribution >= 4 is 43.6 Å². The molecule has 34 heavy (non-hydrogen) atoms. The summed E-state index contributed by atoms with van der Waals surface area (Å²) in [6, 6.07) is 36.1. The van der Waals surface area contributed by atoms with Gasteiger partial charge in [-0.2, -0.15) is 0 Å². The number of hydrogen-bond acceptors (Lipinski definition) is 2. The molecule has 2 N–H and O–H groups in total. The number of phenolic OH excluding ortho intramolecular Hbond substituents is 2. The molecule has 0 saturated carbocycles. The molecule has 0 fully saturated rings. The van der Waals surface area contributed by atoms with Crippen LogP contribution in [0.2, 0.25) is 0 Å². The summed E-state index contributed by atoms with van der Waals surface area (Å²) in [7, 11) is 0. The summed E-state index contributed by atoms with van der Waals surface area (Å²) >= 11 is 0. The molecule has 0 amide bonds. The van der Waals surface area contributed by atoms with Crippen LogP contribution in [-0.2, 0) is 0 Å². The van der Waals surface area contributed by atoms with Crippen molar-refractivity contribution in [2.75, 3.05) is 0 Å². The Morgan fingerprint density at radius 1 is 0.382 bits per heavy atom. The summed E-state index contributed by atoms with van der Waals surface area (Å²) in [4.78, 5) is 0. The Kier molecular flexibility index (Phi) is 3.82. The highest BCUT2D eigenvalue weighted by molar-refractivity contribution is 6.10. The largest absolute Gasteiger partial charge is 0.508 e. The number of nitrogens with zero attached hydrogens (tertiary/aromatic N) is 2. The van der Waals surface area contributed by atoms with Crippen LogP contribution in [0.15, 0.2) is 109 Å². The standard InChI is InChI=1S/C30H20N2O2/c33-21-12-14-25-23-8-1-3-10-27(23)31(29(25)17-21)19-6-5-7-20(16-19)32-28-11-4-2-9-24(28)26-15-13-22(34)18-30(26)32/h1-18,33-34H. The summed E-state index contributed by atoms with van der Waals surface area (Å²) in [5.74, 6) is 0.483. The minimum Gasteiger partial charge on any atom is -0.508 e. The number of aromatic hydroxyl groups is 2. The van der Waals surface area contributed by atoms with Crippen LogP contribution in [0, 0.1) is 0 Å². The SMILES string of the molecule is Oc1ccc2c3ccccc3n(-c3cccc(-n4c5ccccc5c5ccc(O)cc54)c3)c2c1. The normalized spacial score (nSPS) is 11.8. The monoisotopic (exact) mass is 440 g/mol. The van der Waals surface area contributed by atoms with E-state index in [9.17, 15) is 10.2 Å². The quantitative estimate of drug-likeness (QED) is 0.296. The van der Waals surface area contributed by atoms with Crippen molar-refractivity contribution in [1.82, 2.24) is 9.13 Å². The van der Waals surface area contributed by atoms with E-state index in [-0.39, 0.29) is 11.5 Å². The molecule has 7 rings (SSSR count). The number of fused-ring (bicyclic) bond motifs is 6. The summed E-state index contributed by atoms with van der Waals surface area (Å²) in [5.41, 5.74) is 6.08. The number of para-hydroxylation sites is 2. The van der Waals surface area contributed by atoms with Crippen LogP contribution in [0.4, 0.5) is 0 Å². The first-order valence-electron chi connectivity index (χ1n) is 11.2. The zero-order valence-corrected chi connectivity index (χ0v) is 18.2. The van der Waals surface area contributed by atoms with E-state index in [0.29, 0.717) is 0 Å². The summed E-state index contributed by atoms with van der Waals surface area (Å²) < 4.78 is 4.39. The third-order valence-corrected chi connectivity index (χ3v) is 6.66. The van der Waals surface area contributed by atoms with Gasteiger partial charge in [-0.3, -0.25) is 0 Å². The zero-order valence-electron chi connectivity index (χ0n) is 18.2. The lowest BCUT2D eigenvalue weighted by molar-refractivity contribution is 0.475. The smallest absolute Gasteiger partial charge is 0.117 e. The molecule has 7 aromatic rings. The van der Waals surface area contributed by atoms with Crippen LogP contribution in [0.25, 0.3) is 55.0 Å². The van der Waals surface area contributed by atoms with Gasteiger partial charge in [0.05, 0.1) is 22.1 Å². The van der Waals surface area contributed by atoms with Gasteiger partial charge in [-0.15, -0.1) is 0 Å². The third-order valence-electron chi connectivity index (χ3n) is 6.66. The van der Waals surface area contributed by atoms with Crippen molar-refractivity contribution in [3.63, 3.8) is 0 Å². The van der Waals surface area contributed by atoms with Crippen molar-refractivity contribution < 1.29 is 10.2 Å². The van der Waals surface area contributed by atoms with Gasteiger partial charge in [0, 0.05) is 45.1 Å². The highest BCUT2D eigenvalue weighted by atomic mass is 16.3. The molecule has 0 aliphatic carbocycles. The Balaban J connectivity index is 1.56. The number of hydrogen-bond donors (Lipinski definition) is 2. The molecule has 2 aromatic heterocycles. The second-order valence-electron chi connectivity index (χ2n) is 8.63. The van der Waals surface area contributed by atoms with Gasteiger partial charge < -0.3 is 19.3 Å². The molecule has 0 radical (unpaired) electrons. The molecule has 5 aromatic carbocycles. The summed E-state index contributed by atoms with van der Waals surface area (Å²) in [6.07, 6.45) is 0. The number of aromatic nitrogens is 2. The Labute approximate surface area is 195 Å². The Morgan fingerprint density at radius 3 is 1.32 bits per heavy atom. The molecular formula is C30H20N2O2. The van der Waals surface area contributed by atoms with E-state index in [1.807, 2.05) is 48.5 Å². The first-order chi connectivity index (χ1) is 16.7. The molecule has 4 heteroatoms. The Hall–Kier alpha value is -4.70. The van der Waals surface area contributed by atoms with Gasteiger partial charge >= 0.3 is 0 Å². The fourth-order valence-corrected chi connectivity index (χ4v) is 5.25. The zero-order chi connectivity index (χ0) is 22.8. The molecule has 0 spiro atoms. The molecule has 0 aliphatic rings. The lowest BCUT2D eigenvalue weighted by Crippen LogP contribution is -1.98. The van der Waals surface area contributed by atoms with Crippen molar-refractivity contribution in [2.24, 2.45) is 0 Å². The van der Waals surface area contributed by atoms with E-state index < -0.39 is 0 Å². The van der Waals surface area contributed by atoms with E-state index in [2.05, 4.69) is 57.7 Å². The molecule has 0 unspecified atom stereocenters. The van der Waals surface area contributed by atoms with Crippen molar-refractivity contribution in [3.05, 3.63) is 109 Å². The fraction of sp³-hybridized carbons (Fsp3) is 0. The van der Waals surface area contributed by atoms with Gasteiger partial charge in [-0.25, -0.2) is 0 Å². The van der Waals surface area contributed by atoms with Gasteiger partial charge in [0.1, 0.15) is 11.5 Å². The lowest BCUT2D eigenvalue weighted by Gasteiger charge is -2.13. The topological polar surface area (TPSA) is 50.3 Å². The van der Waals surface area contributed by atoms with E-state index in [1.54, 1.807) is 12.1 Å². The highest BCUT2D eigenvalue weighted by Crippen LogP contribution is 2.37. The fourth-order valence-electron chi connectivity index (χ4n) is 5.25. The average Bonchev–Trinajstić information content (AvgIpc) is 3.36. The van der Waals surface area contributed by atoms with Crippen LogP contribution in [-0.4, -0.2) is 19.3 Å². The molecule has 0 bridgehead atoms. The minimum absolute atomic E-state index is 0.241. The van der Waals surface area contributed by atoms with Crippen molar-refractivity contribution in [3.8, 4) is 22.9 Å². The Bertz CT molecular complexity index is 1760. The molecule has 0 aliphatic heterocycles. The van der Waals surface area contributed by atoms with Gasteiger partial charge in [0.25, 0.3) is 0 Å². The average molecular weight is 441 g/mol. The number of rotatable bonds is 2. The van der Waals surface area contributed by atoms with E-state index in [4.69, 9.17) is 0 Å². The van der Waals surface area contributed by atoms with Crippen LogP contribution >= 0.6 is 0 Å². The maximum absolute atomic E-state index is 10.3.